The number of hydrogen-bond donors (Lipinski definition) is 1. The van der Waals surface area contributed by atoms with Gasteiger partial charge in [-0.2, -0.15) is 0 Å². The van der Waals surface area contributed by atoms with Crippen molar-refractivity contribution in [2.24, 2.45) is 4.99 Å². The fraction of sp³-hybridized carbons (Fsp3) is 0.167. The number of rotatable bonds is 3. The highest BCUT2D eigenvalue weighted by Crippen LogP contribution is 2.30. The monoisotopic (exact) mass is 401 g/mol. The third-order valence-corrected chi connectivity index (χ3v) is 5.81. The van der Waals surface area contributed by atoms with Gasteiger partial charge in [-0.15, -0.1) is 0 Å². The molecule has 146 valence electrons. The van der Waals surface area contributed by atoms with Crippen LogP contribution >= 0.6 is 11.8 Å². The number of aryl methyl sites for hydroxylation is 3. The van der Waals surface area contributed by atoms with E-state index in [2.05, 4.69) is 66.0 Å². The topological polar surface area (TPSA) is 46.4 Å². The first kappa shape index (κ1) is 19.3. The molecule has 1 fully saturated rings. The Morgan fingerprint density at radius 3 is 2.41 bits per heavy atom. The molecule has 1 N–H and O–H groups in total. The average molecular weight is 402 g/mol. The van der Waals surface area contributed by atoms with E-state index in [0.717, 1.165) is 33.9 Å². The molecule has 3 aromatic rings. The number of benzene rings is 2. The molecule has 2 heterocycles. The quantitative estimate of drug-likeness (QED) is 0.581. The summed E-state index contributed by atoms with van der Waals surface area (Å²) in [6.07, 6.45) is 1.95. The van der Waals surface area contributed by atoms with Crippen molar-refractivity contribution >= 4 is 34.6 Å². The molecule has 0 aliphatic carbocycles. The minimum absolute atomic E-state index is 0.109. The lowest BCUT2D eigenvalue weighted by Crippen LogP contribution is -2.19. The Hall–Kier alpha value is -3.05. The minimum atomic E-state index is -0.109. The van der Waals surface area contributed by atoms with Gasteiger partial charge in [-0.05, 0) is 92.6 Å². The molecule has 0 bridgehead atoms. The van der Waals surface area contributed by atoms with Crippen molar-refractivity contribution < 1.29 is 4.79 Å². The summed E-state index contributed by atoms with van der Waals surface area (Å²) in [5, 5.41) is 3.48. The van der Waals surface area contributed by atoms with Gasteiger partial charge in [0.25, 0.3) is 5.91 Å². The fourth-order valence-corrected chi connectivity index (χ4v) is 4.37. The standard InChI is InChI=1S/C24H23N3OS/c1-15-7-5-9-20(11-15)25-24-26-23(28)22(29-24)14-19-13-17(3)27(18(19)4)21-10-6-8-16(2)12-21/h5-14H,1-4H3,(H,25,26,28)/b22-14-. The summed E-state index contributed by atoms with van der Waals surface area (Å²) in [6.45, 7) is 8.29. The molecule has 4 nitrogen and oxygen atoms in total. The third kappa shape index (κ3) is 4.05. The number of nitrogens with zero attached hydrogens (tertiary/aromatic N) is 2. The molecule has 1 amide bonds. The average Bonchev–Trinajstić information content (AvgIpc) is 3.14. The van der Waals surface area contributed by atoms with Crippen LogP contribution in [0.25, 0.3) is 11.8 Å². The van der Waals surface area contributed by atoms with Gasteiger partial charge in [0.15, 0.2) is 5.17 Å². The van der Waals surface area contributed by atoms with E-state index in [1.165, 1.54) is 17.3 Å². The lowest BCUT2D eigenvalue weighted by molar-refractivity contribution is -0.115. The molecule has 0 saturated carbocycles. The Labute approximate surface area is 175 Å². The van der Waals surface area contributed by atoms with E-state index in [1.54, 1.807) is 0 Å². The van der Waals surface area contributed by atoms with Gasteiger partial charge in [-0.1, -0.05) is 24.3 Å². The van der Waals surface area contributed by atoms with E-state index in [4.69, 9.17) is 0 Å². The molecule has 4 rings (SSSR count). The molecule has 0 unspecified atom stereocenters. The number of thioether (sulfide) groups is 1. The number of carbonyl (C=O) groups is 1. The van der Waals surface area contributed by atoms with Crippen LogP contribution in [-0.4, -0.2) is 15.6 Å². The van der Waals surface area contributed by atoms with Gasteiger partial charge in [0.2, 0.25) is 0 Å². The Morgan fingerprint density at radius 1 is 0.966 bits per heavy atom. The molecule has 1 aliphatic rings. The van der Waals surface area contributed by atoms with Crippen LogP contribution in [0.4, 0.5) is 5.69 Å². The summed E-state index contributed by atoms with van der Waals surface area (Å²) < 4.78 is 2.22. The molecular formula is C24H23N3OS. The molecule has 0 spiro atoms. The first-order chi connectivity index (χ1) is 13.9. The molecular weight excluding hydrogens is 378 g/mol. The van der Waals surface area contributed by atoms with Crippen LogP contribution in [-0.2, 0) is 4.79 Å². The molecule has 29 heavy (non-hydrogen) atoms. The van der Waals surface area contributed by atoms with Gasteiger partial charge in [0.05, 0.1) is 10.6 Å². The van der Waals surface area contributed by atoms with E-state index < -0.39 is 0 Å². The van der Waals surface area contributed by atoms with E-state index >= 15 is 0 Å². The number of hydrogen-bond acceptors (Lipinski definition) is 3. The van der Waals surface area contributed by atoms with Crippen LogP contribution in [0.1, 0.15) is 28.1 Å². The minimum Gasteiger partial charge on any atom is -0.318 e. The van der Waals surface area contributed by atoms with Crippen molar-refractivity contribution in [3.8, 4) is 5.69 Å². The van der Waals surface area contributed by atoms with Crippen LogP contribution in [0, 0.1) is 27.7 Å². The van der Waals surface area contributed by atoms with Crippen LogP contribution in [0.15, 0.2) is 64.5 Å². The number of amides is 1. The first-order valence-electron chi connectivity index (χ1n) is 9.53. The molecule has 0 radical (unpaired) electrons. The highest BCUT2D eigenvalue weighted by atomic mass is 32.2. The summed E-state index contributed by atoms with van der Waals surface area (Å²) in [6, 6.07) is 18.5. The van der Waals surface area contributed by atoms with E-state index in [0.29, 0.717) is 10.1 Å². The number of carbonyl (C=O) groups excluding carboxylic acids is 1. The van der Waals surface area contributed by atoms with Gasteiger partial charge >= 0.3 is 0 Å². The van der Waals surface area contributed by atoms with Crippen LogP contribution in [0.2, 0.25) is 0 Å². The maximum atomic E-state index is 12.5. The van der Waals surface area contributed by atoms with Crippen molar-refractivity contribution in [3.63, 3.8) is 0 Å². The van der Waals surface area contributed by atoms with E-state index in [-0.39, 0.29) is 5.91 Å². The normalized spacial score (nSPS) is 16.6. The number of nitrogens with one attached hydrogen (secondary N) is 1. The van der Waals surface area contributed by atoms with Gasteiger partial charge in [-0.3, -0.25) is 4.79 Å². The summed E-state index contributed by atoms with van der Waals surface area (Å²) >= 11 is 1.38. The van der Waals surface area contributed by atoms with Gasteiger partial charge < -0.3 is 9.88 Å². The SMILES string of the molecule is Cc1cccc(N=C2NC(=O)/C(=C/c3cc(C)n(-c4cccc(C)c4)c3C)S2)c1. The van der Waals surface area contributed by atoms with Gasteiger partial charge in [-0.25, -0.2) is 4.99 Å². The van der Waals surface area contributed by atoms with Crippen molar-refractivity contribution in [2.75, 3.05) is 0 Å². The summed E-state index contributed by atoms with van der Waals surface area (Å²) in [5.41, 5.74) is 7.62. The fourth-order valence-electron chi connectivity index (χ4n) is 3.53. The van der Waals surface area contributed by atoms with E-state index in [1.807, 2.05) is 37.3 Å². The third-order valence-electron chi connectivity index (χ3n) is 4.90. The van der Waals surface area contributed by atoms with Crippen LogP contribution in [0.3, 0.4) is 0 Å². The summed E-state index contributed by atoms with van der Waals surface area (Å²) in [4.78, 5) is 17.7. The number of amidine groups is 1. The van der Waals surface area contributed by atoms with Crippen molar-refractivity contribution in [1.29, 1.82) is 0 Å². The molecule has 5 heteroatoms. The zero-order valence-corrected chi connectivity index (χ0v) is 17.8. The summed E-state index contributed by atoms with van der Waals surface area (Å²) in [7, 11) is 0. The van der Waals surface area contributed by atoms with Crippen LogP contribution in [0.5, 0.6) is 0 Å². The Kier molecular flexibility index (Phi) is 5.16. The van der Waals surface area contributed by atoms with Crippen molar-refractivity contribution in [2.45, 2.75) is 27.7 Å². The van der Waals surface area contributed by atoms with Crippen molar-refractivity contribution in [3.05, 3.63) is 87.6 Å². The lowest BCUT2D eigenvalue weighted by atomic mass is 10.2. The highest BCUT2D eigenvalue weighted by molar-refractivity contribution is 8.18. The Balaban J connectivity index is 1.65. The molecule has 1 aliphatic heterocycles. The molecule has 1 saturated heterocycles. The second-order valence-corrected chi connectivity index (χ2v) is 8.35. The molecule has 1 aromatic heterocycles. The van der Waals surface area contributed by atoms with E-state index in [9.17, 15) is 4.79 Å². The largest absolute Gasteiger partial charge is 0.318 e. The maximum absolute atomic E-state index is 12.5. The summed E-state index contributed by atoms with van der Waals surface area (Å²) in [5.74, 6) is -0.109. The van der Waals surface area contributed by atoms with Crippen molar-refractivity contribution in [1.82, 2.24) is 9.88 Å². The lowest BCUT2D eigenvalue weighted by Gasteiger charge is -2.10. The predicted molar refractivity (Wildman–Crippen MR) is 122 cm³/mol. The number of aliphatic imine (C=N–C) groups is 1. The smallest absolute Gasteiger partial charge is 0.264 e. The second-order valence-electron chi connectivity index (χ2n) is 7.32. The Morgan fingerprint density at radius 2 is 1.69 bits per heavy atom. The van der Waals surface area contributed by atoms with Gasteiger partial charge in [0, 0.05) is 17.1 Å². The zero-order valence-electron chi connectivity index (χ0n) is 17.0. The Bertz CT molecular complexity index is 1170. The highest BCUT2D eigenvalue weighted by Gasteiger charge is 2.24. The van der Waals surface area contributed by atoms with Gasteiger partial charge in [0.1, 0.15) is 0 Å². The second kappa shape index (κ2) is 7.76. The first-order valence-corrected chi connectivity index (χ1v) is 10.3. The van der Waals surface area contributed by atoms with Crippen LogP contribution < -0.4 is 5.32 Å². The zero-order chi connectivity index (χ0) is 20.5. The molecule has 0 atom stereocenters. The molecule has 2 aromatic carbocycles. The number of aromatic nitrogens is 1. The predicted octanol–water partition coefficient (Wildman–Crippen LogP) is 5.60. The maximum Gasteiger partial charge on any atom is 0.264 e.